The second-order valence-electron chi connectivity index (χ2n) is 12.2. The molecule has 0 amide bonds. The Kier molecular flexibility index (Phi) is 21.4. The Bertz CT molecular complexity index is 826. The highest BCUT2D eigenvalue weighted by atomic mass is 16.5. The Hall–Kier alpha value is -1.80. The van der Waals surface area contributed by atoms with Crippen molar-refractivity contribution < 1.29 is 9.47 Å². The van der Waals surface area contributed by atoms with Gasteiger partial charge in [0.05, 0.1) is 12.7 Å². The first-order valence-electron chi connectivity index (χ1n) is 17.7. The fourth-order valence-corrected chi connectivity index (χ4v) is 5.59. The van der Waals surface area contributed by atoms with Gasteiger partial charge in [0.25, 0.3) is 0 Å². The summed E-state index contributed by atoms with van der Waals surface area (Å²) < 4.78 is 12.1. The summed E-state index contributed by atoms with van der Waals surface area (Å²) in [4.78, 5) is 0. The Labute approximate surface area is 255 Å². The van der Waals surface area contributed by atoms with Crippen LogP contribution in [0.2, 0.25) is 0 Å². The molecular weight excluding hydrogens is 500 g/mol. The Balaban J connectivity index is 1.52. The Morgan fingerprint density at radius 2 is 0.805 bits per heavy atom. The number of unbranched alkanes of at least 4 members (excludes halogenated alkanes) is 19. The van der Waals surface area contributed by atoms with Crippen molar-refractivity contribution in [2.24, 2.45) is 0 Å². The molecule has 0 heterocycles. The van der Waals surface area contributed by atoms with Crippen LogP contribution in [-0.2, 0) is 4.74 Å². The van der Waals surface area contributed by atoms with Gasteiger partial charge < -0.3 is 9.47 Å². The van der Waals surface area contributed by atoms with Gasteiger partial charge in [0.2, 0.25) is 0 Å². The summed E-state index contributed by atoms with van der Waals surface area (Å²) in [6.07, 6.45) is 28.8. The first-order chi connectivity index (χ1) is 20.2. The van der Waals surface area contributed by atoms with Crippen LogP contribution in [0.4, 0.5) is 0 Å². The predicted octanol–water partition coefficient (Wildman–Crippen LogP) is 13.0. The average molecular weight is 565 g/mol. The van der Waals surface area contributed by atoms with Gasteiger partial charge in [0, 0.05) is 6.61 Å². The summed E-state index contributed by atoms with van der Waals surface area (Å²) in [5.41, 5.74) is 3.73. The van der Waals surface area contributed by atoms with Crippen LogP contribution in [0.1, 0.15) is 167 Å². The SMILES string of the molecule is CCCCCCCCCCCCCOC(C)c1ccc(-c2ccc(OCCCCCCCCCCCC)cc2)cc1. The zero-order valence-corrected chi connectivity index (χ0v) is 27.3. The van der Waals surface area contributed by atoms with E-state index in [4.69, 9.17) is 9.47 Å². The van der Waals surface area contributed by atoms with Crippen LogP contribution >= 0.6 is 0 Å². The molecule has 0 spiro atoms. The molecule has 0 aliphatic carbocycles. The fourth-order valence-electron chi connectivity index (χ4n) is 5.59. The second kappa shape index (κ2) is 24.8. The summed E-state index contributed by atoms with van der Waals surface area (Å²) in [5, 5.41) is 0. The van der Waals surface area contributed by atoms with E-state index in [0.29, 0.717) is 0 Å². The molecule has 2 heteroatoms. The minimum atomic E-state index is 0.147. The maximum atomic E-state index is 6.15. The van der Waals surface area contributed by atoms with Gasteiger partial charge in [-0.05, 0) is 48.6 Å². The maximum Gasteiger partial charge on any atom is 0.119 e. The second-order valence-corrected chi connectivity index (χ2v) is 12.2. The zero-order chi connectivity index (χ0) is 29.2. The first-order valence-corrected chi connectivity index (χ1v) is 17.7. The zero-order valence-electron chi connectivity index (χ0n) is 27.3. The van der Waals surface area contributed by atoms with Crippen molar-refractivity contribution in [1.29, 1.82) is 0 Å². The first kappa shape index (κ1) is 35.4. The molecule has 2 nitrogen and oxygen atoms in total. The summed E-state index contributed by atoms with van der Waals surface area (Å²) in [7, 11) is 0. The van der Waals surface area contributed by atoms with Crippen molar-refractivity contribution in [1.82, 2.24) is 0 Å². The van der Waals surface area contributed by atoms with Crippen LogP contribution in [0.25, 0.3) is 11.1 Å². The van der Waals surface area contributed by atoms with Gasteiger partial charge in [0.15, 0.2) is 0 Å². The lowest BCUT2D eigenvalue weighted by Gasteiger charge is -2.14. The molecule has 0 aliphatic rings. The van der Waals surface area contributed by atoms with E-state index in [9.17, 15) is 0 Å². The lowest BCUT2D eigenvalue weighted by molar-refractivity contribution is 0.0627. The normalized spacial score (nSPS) is 12.1. The lowest BCUT2D eigenvalue weighted by Crippen LogP contribution is -2.01. The highest BCUT2D eigenvalue weighted by Crippen LogP contribution is 2.26. The van der Waals surface area contributed by atoms with E-state index in [2.05, 4.69) is 69.3 Å². The minimum Gasteiger partial charge on any atom is -0.494 e. The van der Waals surface area contributed by atoms with Gasteiger partial charge >= 0.3 is 0 Å². The topological polar surface area (TPSA) is 18.5 Å². The molecule has 0 fully saturated rings. The van der Waals surface area contributed by atoms with Crippen molar-refractivity contribution in [2.75, 3.05) is 13.2 Å². The smallest absolute Gasteiger partial charge is 0.119 e. The van der Waals surface area contributed by atoms with Gasteiger partial charge in [-0.3, -0.25) is 0 Å². The van der Waals surface area contributed by atoms with Crippen LogP contribution < -0.4 is 4.74 Å². The van der Waals surface area contributed by atoms with Crippen molar-refractivity contribution in [3.63, 3.8) is 0 Å². The van der Waals surface area contributed by atoms with Crippen molar-refractivity contribution in [3.8, 4) is 16.9 Å². The molecular formula is C39H64O2. The number of rotatable bonds is 27. The van der Waals surface area contributed by atoms with Crippen LogP contribution in [0.15, 0.2) is 48.5 Å². The predicted molar refractivity (Wildman–Crippen MR) is 180 cm³/mol. The molecule has 0 aliphatic heterocycles. The molecule has 0 bridgehead atoms. The van der Waals surface area contributed by atoms with Crippen molar-refractivity contribution >= 4 is 0 Å². The van der Waals surface area contributed by atoms with E-state index in [1.807, 2.05) is 0 Å². The summed E-state index contributed by atoms with van der Waals surface area (Å²) >= 11 is 0. The minimum absolute atomic E-state index is 0.147. The fraction of sp³-hybridized carbons (Fsp3) is 0.692. The number of ether oxygens (including phenoxy) is 2. The van der Waals surface area contributed by atoms with Crippen LogP contribution in [0.3, 0.4) is 0 Å². The van der Waals surface area contributed by atoms with Crippen LogP contribution in [0.5, 0.6) is 5.75 Å². The van der Waals surface area contributed by atoms with E-state index in [0.717, 1.165) is 25.4 Å². The molecule has 0 saturated carbocycles. The van der Waals surface area contributed by atoms with Crippen molar-refractivity contribution in [2.45, 2.75) is 162 Å². The molecule has 2 aromatic rings. The molecule has 1 unspecified atom stereocenters. The highest BCUT2D eigenvalue weighted by Gasteiger charge is 2.07. The highest BCUT2D eigenvalue weighted by molar-refractivity contribution is 5.64. The van der Waals surface area contributed by atoms with Gasteiger partial charge in [-0.2, -0.15) is 0 Å². The summed E-state index contributed by atoms with van der Waals surface area (Å²) in [6, 6.07) is 17.4. The molecule has 2 rings (SSSR count). The Morgan fingerprint density at radius 1 is 0.439 bits per heavy atom. The molecule has 232 valence electrons. The quantitative estimate of drug-likeness (QED) is 0.100. The lowest BCUT2D eigenvalue weighted by atomic mass is 10.0. The van der Waals surface area contributed by atoms with E-state index < -0.39 is 0 Å². The summed E-state index contributed by atoms with van der Waals surface area (Å²) in [5.74, 6) is 0.978. The third-order valence-corrected chi connectivity index (χ3v) is 8.45. The molecule has 41 heavy (non-hydrogen) atoms. The van der Waals surface area contributed by atoms with Gasteiger partial charge in [-0.25, -0.2) is 0 Å². The molecule has 0 radical (unpaired) electrons. The van der Waals surface area contributed by atoms with Gasteiger partial charge in [0.1, 0.15) is 5.75 Å². The molecule has 0 saturated heterocycles. The number of benzene rings is 2. The van der Waals surface area contributed by atoms with E-state index >= 15 is 0 Å². The summed E-state index contributed by atoms with van der Waals surface area (Å²) in [6.45, 7) is 8.43. The third kappa shape index (κ3) is 17.7. The van der Waals surface area contributed by atoms with Crippen LogP contribution in [-0.4, -0.2) is 13.2 Å². The Morgan fingerprint density at radius 3 is 1.24 bits per heavy atom. The average Bonchev–Trinajstić information content (AvgIpc) is 3.00. The largest absolute Gasteiger partial charge is 0.494 e. The van der Waals surface area contributed by atoms with Crippen LogP contribution in [0, 0.1) is 0 Å². The molecule has 0 aromatic heterocycles. The molecule has 0 N–H and O–H groups in total. The number of hydrogen-bond acceptors (Lipinski definition) is 2. The van der Waals surface area contributed by atoms with Crippen molar-refractivity contribution in [3.05, 3.63) is 54.1 Å². The number of hydrogen-bond donors (Lipinski definition) is 0. The van der Waals surface area contributed by atoms with Gasteiger partial charge in [-0.1, -0.05) is 172 Å². The standard InChI is InChI=1S/C39H64O2/c1-4-6-8-10-12-14-16-18-19-21-23-33-40-35(3)36-25-27-37(28-26-36)38-29-31-39(32-30-38)41-34-24-22-20-17-15-13-11-9-7-5-2/h25-32,35H,4-24,33-34H2,1-3H3. The monoisotopic (exact) mass is 564 g/mol. The van der Waals surface area contributed by atoms with E-state index in [1.54, 1.807) is 0 Å². The maximum absolute atomic E-state index is 6.15. The molecule has 2 aromatic carbocycles. The van der Waals surface area contributed by atoms with E-state index in [-0.39, 0.29) is 6.10 Å². The third-order valence-electron chi connectivity index (χ3n) is 8.45. The molecule has 1 atom stereocenters. The van der Waals surface area contributed by atoms with E-state index in [1.165, 1.54) is 145 Å². The van der Waals surface area contributed by atoms with Gasteiger partial charge in [-0.15, -0.1) is 0 Å².